The molecular weight excluding hydrogens is 390 g/mol. The fraction of sp³-hybridized carbons (Fsp3) is 0.360. The molecule has 2 aromatic carbocycles. The SMILES string of the molecule is O=C(c1ccc2c3c(cccc13)CC2)[C@@H]1CCCN(C(=O)CCc2ccc(=O)[nH]n2)C1. The Morgan fingerprint density at radius 3 is 2.71 bits per heavy atom. The summed E-state index contributed by atoms with van der Waals surface area (Å²) in [4.78, 5) is 39.2. The molecule has 31 heavy (non-hydrogen) atoms. The van der Waals surface area contributed by atoms with E-state index in [9.17, 15) is 14.4 Å². The van der Waals surface area contributed by atoms with Gasteiger partial charge in [-0.15, -0.1) is 0 Å². The molecule has 1 amide bonds. The zero-order valence-electron chi connectivity index (χ0n) is 17.4. The van der Waals surface area contributed by atoms with E-state index in [0.29, 0.717) is 31.6 Å². The first kappa shape index (κ1) is 19.7. The number of ketones is 1. The summed E-state index contributed by atoms with van der Waals surface area (Å²) in [5.74, 6) is 0.0173. The van der Waals surface area contributed by atoms with Gasteiger partial charge in [0.15, 0.2) is 5.78 Å². The van der Waals surface area contributed by atoms with Gasteiger partial charge in [-0.3, -0.25) is 14.4 Å². The van der Waals surface area contributed by atoms with Crippen LogP contribution in [0.3, 0.4) is 0 Å². The number of carbonyl (C=O) groups excluding carboxylic acids is 2. The number of rotatable bonds is 5. The quantitative estimate of drug-likeness (QED) is 0.649. The van der Waals surface area contributed by atoms with Crippen LogP contribution in [0.15, 0.2) is 47.3 Å². The second kappa shape index (κ2) is 8.10. The average molecular weight is 415 g/mol. The summed E-state index contributed by atoms with van der Waals surface area (Å²) in [7, 11) is 0. The average Bonchev–Trinajstić information content (AvgIpc) is 3.23. The van der Waals surface area contributed by atoms with E-state index in [4.69, 9.17) is 0 Å². The molecule has 158 valence electrons. The van der Waals surface area contributed by atoms with Gasteiger partial charge in [0.1, 0.15) is 0 Å². The molecule has 5 rings (SSSR count). The number of hydrogen-bond acceptors (Lipinski definition) is 4. The molecular formula is C25H25N3O3. The van der Waals surface area contributed by atoms with Gasteiger partial charge in [0.2, 0.25) is 5.91 Å². The van der Waals surface area contributed by atoms with Crippen molar-refractivity contribution in [3.8, 4) is 0 Å². The van der Waals surface area contributed by atoms with Gasteiger partial charge >= 0.3 is 0 Å². The number of nitrogens with one attached hydrogen (secondary N) is 1. The lowest BCUT2D eigenvalue weighted by atomic mass is 9.87. The molecule has 1 aliphatic heterocycles. The molecule has 1 aliphatic carbocycles. The third-order valence-electron chi connectivity index (χ3n) is 6.62. The number of H-pyrrole nitrogens is 1. The van der Waals surface area contributed by atoms with E-state index in [-0.39, 0.29) is 23.2 Å². The number of Topliss-reactive ketones (excluding diaryl/α,β-unsaturated/α-hetero) is 1. The number of likely N-dealkylation sites (tertiary alicyclic amines) is 1. The van der Waals surface area contributed by atoms with Crippen LogP contribution in [-0.2, 0) is 24.1 Å². The molecule has 6 nitrogen and oxygen atoms in total. The van der Waals surface area contributed by atoms with E-state index in [1.54, 1.807) is 6.07 Å². The van der Waals surface area contributed by atoms with Crippen molar-refractivity contribution in [3.63, 3.8) is 0 Å². The molecule has 0 saturated carbocycles. The molecule has 2 heterocycles. The fourth-order valence-electron chi connectivity index (χ4n) is 5.00. The van der Waals surface area contributed by atoms with E-state index in [1.807, 2.05) is 17.0 Å². The van der Waals surface area contributed by atoms with Crippen LogP contribution in [0.5, 0.6) is 0 Å². The molecule has 1 saturated heterocycles. The Morgan fingerprint density at radius 2 is 1.90 bits per heavy atom. The minimum Gasteiger partial charge on any atom is -0.342 e. The molecule has 1 N–H and O–H groups in total. The third-order valence-corrected chi connectivity index (χ3v) is 6.62. The molecule has 1 atom stereocenters. The second-order valence-corrected chi connectivity index (χ2v) is 8.57. The summed E-state index contributed by atoms with van der Waals surface area (Å²) in [5.41, 5.74) is 3.89. The van der Waals surface area contributed by atoms with Crippen LogP contribution in [0.2, 0.25) is 0 Å². The van der Waals surface area contributed by atoms with Gasteiger partial charge in [-0.1, -0.05) is 30.3 Å². The van der Waals surface area contributed by atoms with E-state index in [0.717, 1.165) is 36.6 Å². The highest BCUT2D eigenvalue weighted by molar-refractivity contribution is 6.11. The Labute approximate surface area is 180 Å². The summed E-state index contributed by atoms with van der Waals surface area (Å²) in [6.07, 6.45) is 4.52. The lowest BCUT2D eigenvalue weighted by Crippen LogP contribution is -2.42. The number of aryl methyl sites for hydroxylation is 3. The Bertz CT molecular complexity index is 1200. The van der Waals surface area contributed by atoms with Crippen molar-refractivity contribution in [2.75, 3.05) is 13.1 Å². The summed E-state index contributed by atoms with van der Waals surface area (Å²) in [5, 5.41) is 8.67. The van der Waals surface area contributed by atoms with Crippen LogP contribution in [0.1, 0.15) is 46.4 Å². The lowest BCUT2D eigenvalue weighted by molar-refractivity contribution is -0.132. The summed E-state index contributed by atoms with van der Waals surface area (Å²) in [6.45, 7) is 1.16. The highest BCUT2D eigenvalue weighted by atomic mass is 16.2. The highest BCUT2D eigenvalue weighted by Gasteiger charge is 2.30. The van der Waals surface area contributed by atoms with E-state index in [2.05, 4.69) is 28.4 Å². The first-order valence-corrected chi connectivity index (χ1v) is 11.0. The number of piperidine rings is 1. The smallest absolute Gasteiger partial charge is 0.264 e. The highest BCUT2D eigenvalue weighted by Crippen LogP contribution is 2.34. The molecule has 0 radical (unpaired) electrons. The third kappa shape index (κ3) is 3.78. The first-order valence-electron chi connectivity index (χ1n) is 11.0. The maximum atomic E-state index is 13.5. The monoisotopic (exact) mass is 415 g/mol. The fourth-order valence-corrected chi connectivity index (χ4v) is 5.00. The van der Waals surface area contributed by atoms with E-state index in [1.165, 1.54) is 22.6 Å². The van der Waals surface area contributed by atoms with Gasteiger partial charge in [-0.25, -0.2) is 5.10 Å². The number of carbonyl (C=O) groups is 2. The Hall–Kier alpha value is -3.28. The Kier molecular flexibility index (Phi) is 5.14. The predicted octanol–water partition coefficient (Wildman–Crippen LogP) is 3.08. The van der Waals surface area contributed by atoms with Gasteiger partial charge < -0.3 is 4.90 Å². The van der Waals surface area contributed by atoms with Crippen LogP contribution in [0, 0.1) is 5.92 Å². The Balaban J connectivity index is 1.30. The minimum atomic E-state index is -0.254. The standard InChI is InChI=1S/C25H25N3O3/c29-22-12-9-19(26-27-22)10-13-23(30)28-14-2-4-18(15-28)25(31)21-11-8-17-7-6-16-3-1-5-20(21)24(16)17/h1,3,5,8-9,11-12,18H,2,4,6-7,10,13-15H2,(H,27,29)/t18-/m1/s1. The largest absolute Gasteiger partial charge is 0.342 e. The molecule has 0 bridgehead atoms. The number of amides is 1. The molecule has 3 aromatic rings. The number of aromatic nitrogens is 2. The zero-order chi connectivity index (χ0) is 21.4. The lowest BCUT2D eigenvalue weighted by Gasteiger charge is -2.32. The van der Waals surface area contributed by atoms with Crippen molar-refractivity contribution in [2.45, 2.75) is 38.5 Å². The zero-order valence-corrected chi connectivity index (χ0v) is 17.4. The van der Waals surface area contributed by atoms with E-state index >= 15 is 0 Å². The van der Waals surface area contributed by atoms with Gasteiger partial charge in [-0.2, -0.15) is 5.10 Å². The van der Waals surface area contributed by atoms with Crippen molar-refractivity contribution in [3.05, 3.63) is 75.2 Å². The predicted molar refractivity (Wildman–Crippen MR) is 118 cm³/mol. The number of aromatic amines is 1. The minimum absolute atomic E-state index is 0.0332. The summed E-state index contributed by atoms with van der Waals surface area (Å²) < 4.78 is 0. The maximum absolute atomic E-state index is 13.5. The van der Waals surface area contributed by atoms with Crippen molar-refractivity contribution in [1.82, 2.24) is 15.1 Å². The molecule has 0 spiro atoms. The first-order chi connectivity index (χ1) is 15.1. The van der Waals surface area contributed by atoms with Crippen LogP contribution >= 0.6 is 0 Å². The maximum Gasteiger partial charge on any atom is 0.264 e. The summed E-state index contributed by atoms with van der Waals surface area (Å²) in [6, 6.07) is 13.4. The van der Waals surface area contributed by atoms with Gasteiger partial charge in [0.05, 0.1) is 5.69 Å². The molecule has 0 unspecified atom stereocenters. The van der Waals surface area contributed by atoms with Crippen molar-refractivity contribution in [2.24, 2.45) is 5.92 Å². The topological polar surface area (TPSA) is 83.1 Å². The Morgan fingerprint density at radius 1 is 1.06 bits per heavy atom. The van der Waals surface area contributed by atoms with Crippen molar-refractivity contribution in [1.29, 1.82) is 0 Å². The molecule has 2 aliphatic rings. The van der Waals surface area contributed by atoms with Crippen molar-refractivity contribution < 1.29 is 9.59 Å². The molecule has 1 fully saturated rings. The number of hydrogen-bond donors (Lipinski definition) is 1. The van der Waals surface area contributed by atoms with Crippen LogP contribution in [0.4, 0.5) is 0 Å². The second-order valence-electron chi connectivity index (χ2n) is 8.57. The van der Waals surface area contributed by atoms with Crippen LogP contribution in [-0.4, -0.2) is 39.9 Å². The summed E-state index contributed by atoms with van der Waals surface area (Å²) >= 11 is 0. The van der Waals surface area contributed by atoms with Gasteiger partial charge in [0.25, 0.3) is 5.56 Å². The normalized spacial score (nSPS) is 17.8. The van der Waals surface area contributed by atoms with E-state index < -0.39 is 0 Å². The molecule has 1 aromatic heterocycles. The van der Waals surface area contributed by atoms with Gasteiger partial charge in [0, 0.05) is 43.5 Å². The van der Waals surface area contributed by atoms with Crippen molar-refractivity contribution >= 4 is 22.5 Å². The van der Waals surface area contributed by atoms with Gasteiger partial charge in [-0.05, 0) is 53.6 Å². The van der Waals surface area contributed by atoms with Crippen LogP contribution < -0.4 is 5.56 Å². The van der Waals surface area contributed by atoms with Crippen LogP contribution in [0.25, 0.3) is 10.8 Å². The molecule has 6 heteroatoms. The number of benzene rings is 2. The number of nitrogens with zero attached hydrogens (tertiary/aromatic N) is 2.